The zero-order valence-electron chi connectivity index (χ0n) is 16.5. The molecule has 0 aliphatic carbocycles. The molecule has 0 radical (unpaired) electrons. The largest absolute Gasteiger partial charge is 0.423 e. The summed E-state index contributed by atoms with van der Waals surface area (Å²) in [6, 6.07) is 26.6. The smallest absolute Gasteiger partial charge is 0.344 e. The molecule has 0 heterocycles. The number of ether oxygens (including phenoxy) is 1. The fraction of sp³-hybridized carbons (Fsp3) is 0. The van der Waals surface area contributed by atoms with Crippen molar-refractivity contribution in [3.63, 3.8) is 0 Å². The fourth-order valence-electron chi connectivity index (χ4n) is 3.05. The van der Waals surface area contributed by atoms with Crippen LogP contribution in [0.25, 0.3) is 10.8 Å². The van der Waals surface area contributed by atoms with Crippen molar-refractivity contribution in [2.45, 2.75) is 0 Å². The monoisotopic (exact) mass is 409 g/mol. The Morgan fingerprint density at radius 2 is 1.55 bits per heavy atom. The van der Waals surface area contributed by atoms with Gasteiger partial charge in [-0.2, -0.15) is 5.10 Å². The number of nitrogen functional groups attached to an aromatic ring is 1. The van der Waals surface area contributed by atoms with Gasteiger partial charge >= 0.3 is 5.97 Å². The second-order valence-electron chi connectivity index (χ2n) is 6.81. The van der Waals surface area contributed by atoms with Crippen LogP contribution < -0.4 is 15.9 Å². The van der Waals surface area contributed by atoms with Crippen LogP contribution in [0.4, 0.5) is 5.69 Å². The number of hydrazone groups is 1. The average molecular weight is 409 g/mol. The first-order valence-electron chi connectivity index (χ1n) is 9.59. The number of nitrogens with zero attached hydrogens (tertiary/aromatic N) is 1. The lowest BCUT2D eigenvalue weighted by Crippen LogP contribution is -2.17. The Balaban J connectivity index is 1.39. The van der Waals surface area contributed by atoms with E-state index in [1.807, 2.05) is 36.4 Å². The lowest BCUT2D eigenvalue weighted by Gasteiger charge is -2.07. The van der Waals surface area contributed by atoms with Gasteiger partial charge in [0.25, 0.3) is 5.91 Å². The minimum Gasteiger partial charge on any atom is -0.423 e. The molecule has 3 N–H and O–H groups in total. The average Bonchev–Trinajstić information content (AvgIpc) is 2.80. The summed E-state index contributed by atoms with van der Waals surface area (Å²) in [7, 11) is 0. The minimum atomic E-state index is -0.422. The number of hydrogen-bond acceptors (Lipinski definition) is 5. The molecule has 4 aromatic carbocycles. The second-order valence-corrected chi connectivity index (χ2v) is 6.81. The van der Waals surface area contributed by atoms with Gasteiger partial charge in [-0.3, -0.25) is 4.79 Å². The molecule has 0 fully saturated rings. The first-order valence-corrected chi connectivity index (χ1v) is 9.59. The van der Waals surface area contributed by atoms with E-state index >= 15 is 0 Å². The van der Waals surface area contributed by atoms with Crippen LogP contribution in [0, 0.1) is 0 Å². The summed E-state index contributed by atoms with van der Waals surface area (Å²) < 4.78 is 5.51. The summed E-state index contributed by atoms with van der Waals surface area (Å²) in [5.41, 5.74) is 10.4. The van der Waals surface area contributed by atoms with Gasteiger partial charge in [0.05, 0.1) is 11.8 Å². The van der Waals surface area contributed by atoms with Crippen LogP contribution in [0.3, 0.4) is 0 Å². The maximum absolute atomic E-state index is 12.6. The summed E-state index contributed by atoms with van der Waals surface area (Å²) in [4.78, 5) is 24.6. The Morgan fingerprint density at radius 1 is 0.839 bits per heavy atom. The predicted molar refractivity (Wildman–Crippen MR) is 121 cm³/mol. The molecule has 31 heavy (non-hydrogen) atoms. The van der Waals surface area contributed by atoms with Gasteiger partial charge in [0, 0.05) is 11.3 Å². The minimum absolute atomic E-state index is 0.336. The van der Waals surface area contributed by atoms with Crippen molar-refractivity contribution in [2.75, 3.05) is 5.73 Å². The lowest BCUT2D eigenvalue weighted by atomic mass is 10.0. The van der Waals surface area contributed by atoms with Crippen molar-refractivity contribution >= 4 is 34.6 Å². The number of hydrogen-bond donors (Lipinski definition) is 2. The van der Waals surface area contributed by atoms with Gasteiger partial charge in [-0.25, -0.2) is 10.2 Å². The highest BCUT2D eigenvalue weighted by atomic mass is 16.5. The number of benzene rings is 4. The maximum atomic E-state index is 12.6. The third-order valence-electron chi connectivity index (χ3n) is 4.65. The van der Waals surface area contributed by atoms with Crippen LogP contribution in [-0.2, 0) is 0 Å². The van der Waals surface area contributed by atoms with E-state index in [-0.39, 0.29) is 5.91 Å². The van der Waals surface area contributed by atoms with Crippen LogP contribution in [0.5, 0.6) is 5.75 Å². The Hall–Kier alpha value is -4.45. The van der Waals surface area contributed by atoms with E-state index in [0.717, 1.165) is 16.3 Å². The van der Waals surface area contributed by atoms with Crippen molar-refractivity contribution < 1.29 is 14.3 Å². The van der Waals surface area contributed by atoms with Crippen LogP contribution in [0.1, 0.15) is 26.3 Å². The SMILES string of the molecule is Nc1ccc(C(=O)NN=Cc2ccc(OC(=O)c3cccc4ccccc34)cc2)cc1. The van der Waals surface area contributed by atoms with Crippen molar-refractivity contribution in [1.29, 1.82) is 0 Å². The van der Waals surface area contributed by atoms with Crippen LogP contribution in [-0.4, -0.2) is 18.1 Å². The zero-order chi connectivity index (χ0) is 21.6. The number of fused-ring (bicyclic) bond motifs is 1. The molecule has 0 aliphatic heterocycles. The van der Waals surface area contributed by atoms with Crippen molar-refractivity contribution in [2.24, 2.45) is 5.10 Å². The Labute approximate surface area is 179 Å². The molecule has 0 aliphatic rings. The summed E-state index contributed by atoms with van der Waals surface area (Å²) in [5, 5.41) is 5.77. The van der Waals surface area contributed by atoms with Gasteiger partial charge in [0.2, 0.25) is 0 Å². The van der Waals surface area contributed by atoms with Gasteiger partial charge in [0.1, 0.15) is 5.75 Å². The molecule has 0 unspecified atom stereocenters. The maximum Gasteiger partial charge on any atom is 0.344 e. The van der Waals surface area contributed by atoms with E-state index in [0.29, 0.717) is 22.6 Å². The molecule has 4 aromatic rings. The zero-order valence-corrected chi connectivity index (χ0v) is 16.5. The first kappa shape index (κ1) is 19.8. The van der Waals surface area contributed by atoms with Gasteiger partial charge in [-0.1, -0.05) is 36.4 Å². The van der Waals surface area contributed by atoms with E-state index < -0.39 is 5.97 Å². The Kier molecular flexibility index (Phi) is 5.71. The number of nitrogens with two attached hydrogens (primary N) is 1. The van der Waals surface area contributed by atoms with Crippen molar-refractivity contribution in [3.05, 3.63) is 108 Å². The van der Waals surface area contributed by atoms with Gasteiger partial charge < -0.3 is 10.5 Å². The standard InChI is InChI=1S/C25H19N3O3/c26-20-12-10-19(11-13-20)24(29)28-27-16-17-8-14-21(15-9-17)31-25(30)23-7-3-5-18-4-1-2-6-22(18)23/h1-16H,26H2,(H,28,29). The van der Waals surface area contributed by atoms with E-state index in [2.05, 4.69) is 10.5 Å². The molecule has 6 heteroatoms. The Morgan fingerprint density at radius 3 is 2.32 bits per heavy atom. The number of carbonyl (C=O) groups is 2. The van der Waals surface area contributed by atoms with E-state index in [1.165, 1.54) is 6.21 Å². The number of carbonyl (C=O) groups excluding carboxylic acids is 2. The molecular weight excluding hydrogens is 390 g/mol. The third-order valence-corrected chi connectivity index (χ3v) is 4.65. The van der Waals surface area contributed by atoms with Crippen LogP contribution >= 0.6 is 0 Å². The molecule has 0 saturated heterocycles. The number of esters is 1. The van der Waals surface area contributed by atoms with Crippen molar-refractivity contribution in [3.8, 4) is 5.75 Å². The van der Waals surface area contributed by atoms with E-state index in [1.54, 1.807) is 54.6 Å². The predicted octanol–water partition coefficient (Wildman–Crippen LogP) is 4.41. The number of rotatable bonds is 5. The molecule has 0 aromatic heterocycles. The quantitative estimate of drug-likeness (QED) is 0.168. The fourth-order valence-corrected chi connectivity index (χ4v) is 3.05. The molecule has 4 rings (SSSR count). The molecule has 0 spiro atoms. The van der Waals surface area contributed by atoms with Crippen LogP contribution in [0.2, 0.25) is 0 Å². The molecule has 0 saturated carbocycles. The highest BCUT2D eigenvalue weighted by Gasteiger charge is 2.12. The van der Waals surface area contributed by atoms with Gasteiger partial charge in [-0.15, -0.1) is 0 Å². The molecular formula is C25H19N3O3. The number of nitrogens with one attached hydrogen (secondary N) is 1. The summed E-state index contributed by atoms with van der Waals surface area (Å²) in [5.74, 6) is -0.341. The van der Waals surface area contributed by atoms with Crippen molar-refractivity contribution in [1.82, 2.24) is 5.43 Å². The number of amides is 1. The van der Waals surface area contributed by atoms with Gasteiger partial charge in [-0.05, 0) is 70.9 Å². The lowest BCUT2D eigenvalue weighted by molar-refractivity contribution is 0.0736. The highest BCUT2D eigenvalue weighted by molar-refractivity contribution is 6.05. The third kappa shape index (κ3) is 4.76. The second kappa shape index (κ2) is 8.92. The Bertz CT molecular complexity index is 1260. The summed E-state index contributed by atoms with van der Waals surface area (Å²) >= 11 is 0. The molecule has 6 nitrogen and oxygen atoms in total. The molecule has 1 amide bonds. The molecule has 152 valence electrons. The topological polar surface area (TPSA) is 93.8 Å². The van der Waals surface area contributed by atoms with Gasteiger partial charge in [0.15, 0.2) is 0 Å². The molecule has 0 bridgehead atoms. The van der Waals surface area contributed by atoms with E-state index in [4.69, 9.17) is 10.5 Å². The van der Waals surface area contributed by atoms with E-state index in [9.17, 15) is 9.59 Å². The number of anilines is 1. The highest BCUT2D eigenvalue weighted by Crippen LogP contribution is 2.21. The van der Waals surface area contributed by atoms with Crippen LogP contribution in [0.15, 0.2) is 96.1 Å². The first-order chi connectivity index (χ1) is 15.1. The normalized spacial score (nSPS) is 10.8. The summed E-state index contributed by atoms with van der Waals surface area (Å²) in [6.07, 6.45) is 1.51. The summed E-state index contributed by atoms with van der Waals surface area (Å²) in [6.45, 7) is 0. The molecule has 0 atom stereocenters.